The third kappa shape index (κ3) is 3.42. The van der Waals surface area contributed by atoms with E-state index in [0.717, 1.165) is 5.56 Å². The maximum Gasteiger partial charge on any atom is 0.235 e. The van der Waals surface area contributed by atoms with E-state index in [2.05, 4.69) is 0 Å². The Kier molecular flexibility index (Phi) is 3.71. The van der Waals surface area contributed by atoms with Crippen LogP contribution in [-0.4, -0.2) is 18.1 Å². The molecule has 1 atom stereocenters. The highest BCUT2D eigenvalue weighted by molar-refractivity contribution is 5.27. The minimum atomic E-state index is -1.29. The quantitative estimate of drug-likeness (QED) is 0.774. The first kappa shape index (κ1) is 9.99. The second kappa shape index (κ2) is 4.82. The zero-order valence-electron chi connectivity index (χ0n) is 7.53. The van der Waals surface area contributed by atoms with E-state index >= 15 is 0 Å². The molecular formula is C10H13FO2. The number of alkyl halides is 1. The highest BCUT2D eigenvalue weighted by Crippen LogP contribution is 2.14. The first-order chi connectivity index (χ1) is 6.22. The van der Waals surface area contributed by atoms with Crippen LogP contribution in [0.1, 0.15) is 12.5 Å². The van der Waals surface area contributed by atoms with Gasteiger partial charge in [0.15, 0.2) is 0 Å². The van der Waals surface area contributed by atoms with Crippen molar-refractivity contribution in [3.63, 3.8) is 0 Å². The Morgan fingerprint density at radius 3 is 2.46 bits per heavy atom. The summed E-state index contributed by atoms with van der Waals surface area (Å²) in [6.07, 6.45) is -0.672. The van der Waals surface area contributed by atoms with Crippen molar-refractivity contribution in [2.45, 2.75) is 19.7 Å². The van der Waals surface area contributed by atoms with Crippen molar-refractivity contribution < 1.29 is 14.2 Å². The van der Waals surface area contributed by atoms with Crippen LogP contribution in [0.3, 0.4) is 0 Å². The van der Waals surface area contributed by atoms with E-state index in [9.17, 15) is 4.39 Å². The van der Waals surface area contributed by atoms with Crippen LogP contribution in [0.5, 0.6) is 5.75 Å². The largest absolute Gasteiger partial charge is 0.461 e. The molecule has 1 aromatic carbocycles. The van der Waals surface area contributed by atoms with Gasteiger partial charge in [0.1, 0.15) is 5.75 Å². The fourth-order valence-corrected chi connectivity index (χ4v) is 1.05. The van der Waals surface area contributed by atoms with Crippen LogP contribution in [0.25, 0.3) is 0 Å². The maximum atomic E-state index is 12.4. The van der Waals surface area contributed by atoms with Gasteiger partial charge in [-0.3, -0.25) is 0 Å². The van der Waals surface area contributed by atoms with Crippen LogP contribution >= 0.6 is 0 Å². The highest BCUT2D eigenvalue weighted by Gasteiger charge is 1.99. The van der Waals surface area contributed by atoms with Crippen molar-refractivity contribution in [3.05, 3.63) is 29.8 Å². The van der Waals surface area contributed by atoms with Gasteiger partial charge in [-0.15, -0.1) is 0 Å². The molecule has 0 bridgehead atoms. The normalized spacial score (nSPS) is 12.5. The number of aliphatic hydroxyl groups is 1. The monoisotopic (exact) mass is 184 g/mol. The summed E-state index contributed by atoms with van der Waals surface area (Å²) in [5.74, 6) is 0.511. The average molecular weight is 184 g/mol. The molecule has 1 aromatic rings. The predicted octanol–water partition coefficient (Wildman–Crippen LogP) is 1.92. The first-order valence-corrected chi connectivity index (χ1v) is 4.23. The van der Waals surface area contributed by atoms with Gasteiger partial charge in [-0.05, 0) is 24.1 Å². The molecule has 0 aliphatic carbocycles. The second-order valence-corrected chi connectivity index (χ2v) is 2.78. The lowest BCUT2D eigenvalue weighted by molar-refractivity contribution is 0.0860. The molecule has 1 rings (SSSR count). The van der Waals surface area contributed by atoms with Crippen molar-refractivity contribution in [3.8, 4) is 5.75 Å². The summed E-state index contributed by atoms with van der Waals surface area (Å²) in [4.78, 5) is 0. The summed E-state index contributed by atoms with van der Waals surface area (Å²) in [6, 6.07) is 7.02. The molecule has 1 unspecified atom stereocenters. The van der Waals surface area contributed by atoms with Crippen LogP contribution in [0.2, 0.25) is 0 Å². The van der Waals surface area contributed by atoms with E-state index in [0.29, 0.717) is 12.2 Å². The second-order valence-electron chi connectivity index (χ2n) is 2.78. The van der Waals surface area contributed by atoms with E-state index < -0.39 is 6.36 Å². The van der Waals surface area contributed by atoms with Crippen LogP contribution in [0.4, 0.5) is 4.39 Å². The molecule has 1 N–H and O–H groups in total. The topological polar surface area (TPSA) is 29.5 Å². The highest BCUT2D eigenvalue weighted by atomic mass is 19.1. The molecule has 72 valence electrons. The average Bonchev–Trinajstić information content (AvgIpc) is 2.08. The molecule has 0 saturated carbocycles. The SMILES string of the molecule is CC(F)Oc1ccc(CCO)cc1. The van der Waals surface area contributed by atoms with Crippen LogP contribution in [0.15, 0.2) is 24.3 Å². The summed E-state index contributed by atoms with van der Waals surface area (Å²) in [7, 11) is 0. The van der Waals surface area contributed by atoms with E-state index in [1.54, 1.807) is 12.1 Å². The van der Waals surface area contributed by atoms with Crippen molar-refractivity contribution in [1.29, 1.82) is 0 Å². The molecule has 0 radical (unpaired) electrons. The molecule has 13 heavy (non-hydrogen) atoms. The maximum absolute atomic E-state index is 12.4. The predicted molar refractivity (Wildman–Crippen MR) is 48.4 cm³/mol. The fourth-order valence-electron chi connectivity index (χ4n) is 1.05. The number of halogens is 1. The van der Waals surface area contributed by atoms with Gasteiger partial charge in [-0.1, -0.05) is 12.1 Å². The minimum absolute atomic E-state index is 0.125. The Labute approximate surface area is 77.0 Å². The minimum Gasteiger partial charge on any atom is -0.461 e. The molecule has 0 aromatic heterocycles. The van der Waals surface area contributed by atoms with Crippen LogP contribution in [-0.2, 0) is 6.42 Å². The molecule has 0 spiro atoms. The summed E-state index contributed by atoms with van der Waals surface area (Å²) in [6.45, 7) is 1.46. The summed E-state index contributed by atoms with van der Waals surface area (Å²) >= 11 is 0. The first-order valence-electron chi connectivity index (χ1n) is 4.23. The zero-order chi connectivity index (χ0) is 9.68. The van der Waals surface area contributed by atoms with Gasteiger partial charge >= 0.3 is 0 Å². The van der Waals surface area contributed by atoms with Gasteiger partial charge in [-0.25, -0.2) is 4.39 Å². The van der Waals surface area contributed by atoms with Gasteiger partial charge in [-0.2, -0.15) is 0 Å². The van der Waals surface area contributed by atoms with Crippen molar-refractivity contribution >= 4 is 0 Å². The molecule has 0 aliphatic heterocycles. The molecule has 0 amide bonds. The standard InChI is InChI=1S/C10H13FO2/c1-8(11)13-10-4-2-9(3-5-10)6-7-12/h2-5,8,12H,6-7H2,1H3. The molecule has 0 aliphatic rings. The smallest absolute Gasteiger partial charge is 0.235 e. The van der Waals surface area contributed by atoms with E-state index in [4.69, 9.17) is 9.84 Å². The number of ether oxygens (including phenoxy) is 1. The third-order valence-corrected chi connectivity index (χ3v) is 1.62. The molecule has 3 heteroatoms. The Morgan fingerprint density at radius 1 is 1.38 bits per heavy atom. The Balaban J connectivity index is 2.59. The van der Waals surface area contributed by atoms with Crippen molar-refractivity contribution in [2.24, 2.45) is 0 Å². The van der Waals surface area contributed by atoms with Gasteiger partial charge < -0.3 is 9.84 Å². The number of benzene rings is 1. The van der Waals surface area contributed by atoms with E-state index in [1.807, 2.05) is 12.1 Å². The summed E-state index contributed by atoms with van der Waals surface area (Å²) in [5, 5.41) is 8.64. The lowest BCUT2D eigenvalue weighted by Crippen LogP contribution is -2.03. The Bertz CT molecular complexity index is 244. The summed E-state index contributed by atoms with van der Waals surface area (Å²) < 4.78 is 17.2. The number of hydrogen-bond donors (Lipinski definition) is 1. The number of rotatable bonds is 4. The fraction of sp³-hybridized carbons (Fsp3) is 0.400. The van der Waals surface area contributed by atoms with Gasteiger partial charge in [0.05, 0.1) is 0 Å². The third-order valence-electron chi connectivity index (χ3n) is 1.62. The number of aliphatic hydroxyl groups excluding tert-OH is 1. The lowest BCUT2D eigenvalue weighted by atomic mass is 10.1. The number of hydrogen-bond acceptors (Lipinski definition) is 2. The van der Waals surface area contributed by atoms with E-state index in [1.165, 1.54) is 6.92 Å². The molecule has 0 saturated heterocycles. The van der Waals surface area contributed by atoms with E-state index in [-0.39, 0.29) is 6.61 Å². The summed E-state index contributed by atoms with van der Waals surface area (Å²) in [5.41, 5.74) is 1.02. The van der Waals surface area contributed by atoms with Crippen molar-refractivity contribution in [1.82, 2.24) is 0 Å². The zero-order valence-corrected chi connectivity index (χ0v) is 7.53. The van der Waals surface area contributed by atoms with Crippen molar-refractivity contribution in [2.75, 3.05) is 6.61 Å². The Morgan fingerprint density at radius 2 is 2.00 bits per heavy atom. The molecular weight excluding hydrogens is 171 g/mol. The van der Waals surface area contributed by atoms with Gasteiger partial charge in [0.25, 0.3) is 0 Å². The van der Waals surface area contributed by atoms with Crippen LogP contribution < -0.4 is 4.74 Å². The van der Waals surface area contributed by atoms with Crippen LogP contribution in [0, 0.1) is 0 Å². The lowest BCUT2D eigenvalue weighted by Gasteiger charge is -2.06. The molecule has 0 fully saturated rings. The molecule has 0 heterocycles. The molecule has 2 nitrogen and oxygen atoms in total. The van der Waals surface area contributed by atoms with Gasteiger partial charge in [0.2, 0.25) is 6.36 Å². The Hall–Kier alpha value is -1.09. The van der Waals surface area contributed by atoms with Gasteiger partial charge in [0, 0.05) is 13.5 Å².